The average molecular weight is 402 g/mol. The van der Waals surface area contributed by atoms with Gasteiger partial charge >= 0.3 is 0 Å². The number of piperidine rings is 1. The average Bonchev–Trinajstić information content (AvgIpc) is 2.77. The second-order valence-corrected chi connectivity index (χ2v) is 8.86. The Morgan fingerprint density at radius 3 is 2.90 bits per heavy atom. The predicted molar refractivity (Wildman–Crippen MR) is 113 cm³/mol. The van der Waals surface area contributed by atoms with E-state index in [1.165, 1.54) is 0 Å². The van der Waals surface area contributed by atoms with Gasteiger partial charge in [-0.05, 0) is 51.0 Å². The molecule has 1 aromatic rings. The first kappa shape index (κ1) is 20.5. The molecular weight excluding hydrogens is 366 g/mol. The molecule has 7 nitrogen and oxygen atoms in total. The van der Waals surface area contributed by atoms with Gasteiger partial charge in [-0.25, -0.2) is 9.97 Å². The third-order valence-electron chi connectivity index (χ3n) is 7.12. The van der Waals surface area contributed by atoms with Crippen LogP contribution in [0.3, 0.4) is 0 Å². The normalized spacial score (nSPS) is 30.6. The first-order chi connectivity index (χ1) is 14.1. The summed E-state index contributed by atoms with van der Waals surface area (Å²) in [7, 11) is 0. The van der Waals surface area contributed by atoms with Crippen LogP contribution in [0.15, 0.2) is 12.3 Å². The van der Waals surface area contributed by atoms with E-state index < -0.39 is 0 Å². The number of amides is 1. The minimum absolute atomic E-state index is 0.250. The van der Waals surface area contributed by atoms with E-state index in [0.717, 1.165) is 89.7 Å². The molecule has 1 saturated carbocycles. The highest BCUT2D eigenvalue weighted by Crippen LogP contribution is 2.48. The molecule has 0 radical (unpaired) electrons. The zero-order chi connectivity index (χ0) is 20.3. The van der Waals surface area contributed by atoms with Gasteiger partial charge in [0.05, 0.1) is 18.6 Å². The molecule has 3 aliphatic rings. The number of aromatic nitrogens is 2. The first-order valence-corrected chi connectivity index (χ1v) is 11.3. The summed E-state index contributed by atoms with van der Waals surface area (Å²) in [5, 5.41) is 3.24. The number of carbonyl (C=O) groups is 1. The molecule has 160 valence electrons. The van der Waals surface area contributed by atoms with Crippen molar-refractivity contribution in [3.05, 3.63) is 18.1 Å². The van der Waals surface area contributed by atoms with Crippen LogP contribution in [0.5, 0.6) is 0 Å². The molecule has 4 rings (SSSR count). The van der Waals surface area contributed by atoms with Gasteiger partial charge in [-0.3, -0.25) is 9.69 Å². The Morgan fingerprint density at radius 2 is 2.14 bits per heavy atom. The molecule has 2 aliphatic heterocycles. The lowest BCUT2D eigenvalue weighted by molar-refractivity contribution is -0.139. The fourth-order valence-electron chi connectivity index (χ4n) is 5.51. The van der Waals surface area contributed by atoms with Gasteiger partial charge in [-0.2, -0.15) is 0 Å². The van der Waals surface area contributed by atoms with Crippen LogP contribution in [0.2, 0.25) is 0 Å². The number of aryl methyl sites for hydroxylation is 1. The summed E-state index contributed by atoms with van der Waals surface area (Å²) in [5.41, 5.74) is -0.310. The van der Waals surface area contributed by atoms with E-state index in [0.29, 0.717) is 12.0 Å². The largest absolute Gasteiger partial charge is 0.379 e. The summed E-state index contributed by atoms with van der Waals surface area (Å²) >= 11 is 0. The summed E-state index contributed by atoms with van der Waals surface area (Å²) in [6.45, 7) is 10.2. The highest BCUT2D eigenvalue weighted by atomic mass is 16.5. The van der Waals surface area contributed by atoms with E-state index >= 15 is 0 Å². The zero-order valence-corrected chi connectivity index (χ0v) is 17.9. The minimum Gasteiger partial charge on any atom is -0.379 e. The smallest absolute Gasteiger partial charge is 0.228 e. The van der Waals surface area contributed by atoms with E-state index in [1.54, 1.807) is 0 Å². The monoisotopic (exact) mass is 401 g/mol. The molecule has 1 aromatic heterocycles. The second kappa shape index (κ2) is 8.96. The van der Waals surface area contributed by atoms with Crippen LogP contribution in [-0.4, -0.2) is 72.8 Å². The maximum absolute atomic E-state index is 13.4. The van der Waals surface area contributed by atoms with Crippen molar-refractivity contribution in [2.24, 2.45) is 11.3 Å². The van der Waals surface area contributed by atoms with Gasteiger partial charge in [0.2, 0.25) is 5.91 Å². The van der Waals surface area contributed by atoms with Crippen molar-refractivity contribution in [3.8, 4) is 0 Å². The lowest BCUT2D eigenvalue weighted by Crippen LogP contribution is -2.61. The number of nitrogens with one attached hydrogen (secondary N) is 1. The van der Waals surface area contributed by atoms with Crippen molar-refractivity contribution in [3.63, 3.8) is 0 Å². The quantitative estimate of drug-likeness (QED) is 0.814. The number of anilines is 1. The lowest BCUT2D eigenvalue weighted by Gasteiger charge is -2.53. The van der Waals surface area contributed by atoms with E-state index in [2.05, 4.69) is 32.0 Å². The minimum atomic E-state index is -0.310. The molecule has 0 spiro atoms. The molecular formula is C22H35N5O2. The molecule has 2 saturated heterocycles. The van der Waals surface area contributed by atoms with Gasteiger partial charge in [0.1, 0.15) is 11.6 Å². The van der Waals surface area contributed by atoms with E-state index in [4.69, 9.17) is 4.74 Å². The van der Waals surface area contributed by atoms with E-state index in [1.807, 2.05) is 19.2 Å². The Bertz CT molecular complexity index is 708. The van der Waals surface area contributed by atoms with Crippen molar-refractivity contribution in [1.29, 1.82) is 0 Å². The van der Waals surface area contributed by atoms with Crippen molar-refractivity contribution in [1.82, 2.24) is 20.2 Å². The fraction of sp³-hybridized carbons (Fsp3) is 0.773. The van der Waals surface area contributed by atoms with Crippen molar-refractivity contribution in [2.45, 2.75) is 52.0 Å². The third kappa shape index (κ3) is 4.26. The number of ether oxygens (including phenoxy) is 1. The first-order valence-electron chi connectivity index (χ1n) is 11.3. The lowest BCUT2D eigenvalue weighted by atomic mass is 9.61. The van der Waals surface area contributed by atoms with Crippen LogP contribution in [0.4, 0.5) is 5.82 Å². The highest BCUT2D eigenvalue weighted by Gasteiger charge is 2.52. The molecule has 1 aliphatic carbocycles. The molecule has 3 fully saturated rings. The van der Waals surface area contributed by atoms with Crippen LogP contribution in [0, 0.1) is 18.3 Å². The summed E-state index contributed by atoms with van der Waals surface area (Å²) in [4.78, 5) is 27.2. The summed E-state index contributed by atoms with van der Waals surface area (Å²) < 4.78 is 5.55. The molecule has 0 unspecified atom stereocenters. The SMILES string of the molecule is CCCNC(=O)[C@@]12CC[C@@H](N3CCOCC3)C[C@H]1CCN(c1ccnc(C)n1)C2. The number of rotatable bonds is 5. The van der Waals surface area contributed by atoms with Crippen LogP contribution in [0.1, 0.15) is 44.9 Å². The number of nitrogens with zero attached hydrogens (tertiary/aromatic N) is 4. The maximum atomic E-state index is 13.4. The molecule has 0 bridgehead atoms. The third-order valence-corrected chi connectivity index (χ3v) is 7.12. The molecule has 7 heteroatoms. The van der Waals surface area contributed by atoms with Crippen molar-refractivity contribution in [2.75, 3.05) is 50.8 Å². The van der Waals surface area contributed by atoms with Crippen LogP contribution < -0.4 is 10.2 Å². The van der Waals surface area contributed by atoms with Crippen LogP contribution in [0.25, 0.3) is 0 Å². The Morgan fingerprint density at radius 1 is 1.31 bits per heavy atom. The van der Waals surface area contributed by atoms with Crippen LogP contribution in [-0.2, 0) is 9.53 Å². The van der Waals surface area contributed by atoms with Gasteiger partial charge < -0.3 is 15.0 Å². The second-order valence-electron chi connectivity index (χ2n) is 8.86. The number of carbonyl (C=O) groups excluding carboxylic acids is 1. The van der Waals surface area contributed by atoms with Crippen molar-refractivity contribution < 1.29 is 9.53 Å². The van der Waals surface area contributed by atoms with Crippen molar-refractivity contribution >= 4 is 11.7 Å². The number of fused-ring (bicyclic) bond motifs is 1. The fourth-order valence-corrected chi connectivity index (χ4v) is 5.51. The topological polar surface area (TPSA) is 70.6 Å². The molecule has 3 heterocycles. The predicted octanol–water partition coefficient (Wildman–Crippen LogP) is 2.01. The van der Waals surface area contributed by atoms with Gasteiger partial charge in [-0.1, -0.05) is 6.92 Å². The summed E-state index contributed by atoms with van der Waals surface area (Å²) in [6.07, 6.45) is 7.00. The molecule has 0 aromatic carbocycles. The molecule has 3 atom stereocenters. The van der Waals surface area contributed by atoms with Gasteiger partial charge in [0.25, 0.3) is 0 Å². The summed E-state index contributed by atoms with van der Waals surface area (Å²) in [6, 6.07) is 2.56. The number of hydrogen-bond acceptors (Lipinski definition) is 6. The Kier molecular flexibility index (Phi) is 6.35. The Balaban J connectivity index is 1.54. The zero-order valence-electron chi connectivity index (χ0n) is 17.9. The van der Waals surface area contributed by atoms with Gasteiger partial charge in [-0.15, -0.1) is 0 Å². The number of morpholine rings is 1. The van der Waals surface area contributed by atoms with Gasteiger partial charge in [0.15, 0.2) is 0 Å². The highest BCUT2D eigenvalue weighted by molar-refractivity contribution is 5.84. The number of hydrogen-bond donors (Lipinski definition) is 1. The van der Waals surface area contributed by atoms with Gasteiger partial charge in [0, 0.05) is 45.0 Å². The van der Waals surface area contributed by atoms with Crippen LogP contribution >= 0.6 is 0 Å². The van der Waals surface area contributed by atoms with E-state index in [-0.39, 0.29) is 11.3 Å². The summed E-state index contributed by atoms with van der Waals surface area (Å²) in [5.74, 6) is 2.42. The standard InChI is InChI=1S/C22H35N5O2/c1-3-8-24-21(28)22-7-4-19(26-11-13-29-14-12-26)15-18(22)6-10-27(16-22)20-5-9-23-17(2)25-20/h5,9,18-19H,3-4,6-8,10-16H2,1-2H3,(H,24,28)/t18-,19-,22-/m1/s1. The Hall–Kier alpha value is -1.73. The molecule has 1 amide bonds. The molecule has 1 N–H and O–H groups in total. The Labute approximate surface area is 174 Å². The maximum Gasteiger partial charge on any atom is 0.228 e. The van der Waals surface area contributed by atoms with E-state index in [9.17, 15) is 4.79 Å². The molecule has 29 heavy (non-hydrogen) atoms.